The van der Waals surface area contributed by atoms with Gasteiger partial charge in [-0.05, 0) is 60.7 Å². The Kier molecular flexibility index (Phi) is 2.93. The van der Waals surface area contributed by atoms with E-state index in [9.17, 15) is 0 Å². The average molecular weight is 349 g/mol. The zero-order valence-electron chi connectivity index (χ0n) is 12.4. The fraction of sp³-hybridized carbons (Fsp3) is 0. The molecule has 0 saturated heterocycles. The molecule has 0 aliphatic rings. The quantitative estimate of drug-likeness (QED) is 0.303. The highest BCUT2D eigenvalue weighted by atomic mass is 35.5. The van der Waals surface area contributed by atoms with Gasteiger partial charge in [0.05, 0.1) is 22.1 Å². The van der Waals surface area contributed by atoms with Crippen LogP contribution in [0.2, 0.25) is 10.0 Å². The lowest BCUT2D eigenvalue weighted by molar-refractivity contribution is 1.48. The van der Waals surface area contributed by atoms with Crippen molar-refractivity contribution in [2.24, 2.45) is 0 Å². The fourth-order valence-corrected chi connectivity index (χ4v) is 3.48. The maximum atomic E-state index is 6.09. The van der Waals surface area contributed by atoms with Crippen molar-refractivity contribution in [2.75, 3.05) is 0 Å². The Morgan fingerprint density at radius 1 is 0.458 bits per heavy atom. The first-order valence-electron chi connectivity index (χ1n) is 7.56. The van der Waals surface area contributed by atoms with Gasteiger partial charge < -0.3 is 0 Å². The summed E-state index contributed by atoms with van der Waals surface area (Å²) in [6.45, 7) is 0. The number of hydrogen-bond acceptors (Lipinski definition) is 2. The molecule has 2 heterocycles. The molecule has 3 aromatic carbocycles. The Morgan fingerprint density at radius 2 is 0.875 bits per heavy atom. The smallest absolute Gasteiger partial charge is 0.0717 e. The summed E-state index contributed by atoms with van der Waals surface area (Å²) in [6.07, 6.45) is 0. The van der Waals surface area contributed by atoms with E-state index >= 15 is 0 Å². The Labute approximate surface area is 147 Å². The molecule has 114 valence electrons. The molecule has 0 N–H and O–H groups in total. The molecule has 2 aromatic heterocycles. The number of halogens is 2. The molecule has 0 aliphatic carbocycles. The Hall–Kier alpha value is -2.42. The molecule has 0 amide bonds. The molecule has 5 rings (SSSR count). The maximum Gasteiger partial charge on any atom is 0.0717 e. The van der Waals surface area contributed by atoms with Crippen molar-refractivity contribution in [2.45, 2.75) is 0 Å². The fourth-order valence-electron chi connectivity index (χ4n) is 3.11. The molecule has 0 fully saturated rings. The normalized spacial score (nSPS) is 11.8. The Bertz CT molecular complexity index is 1180. The summed E-state index contributed by atoms with van der Waals surface area (Å²) >= 11 is 12.2. The third-order valence-electron chi connectivity index (χ3n) is 4.26. The van der Waals surface area contributed by atoms with Gasteiger partial charge in [-0.2, -0.15) is 0 Å². The predicted molar refractivity (Wildman–Crippen MR) is 102 cm³/mol. The molecule has 0 bridgehead atoms. The van der Waals surface area contributed by atoms with Gasteiger partial charge in [0.15, 0.2) is 0 Å². The lowest BCUT2D eigenvalue weighted by atomic mass is 10.1. The summed E-state index contributed by atoms with van der Waals surface area (Å²) in [7, 11) is 0. The monoisotopic (exact) mass is 348 g/mol. The second-order valence-corrected chi connectivity index (χ2v) is 6.76. The van der Waals surface area contributed by atoms with Gasteiger partial charge in [0, 0.05) is 31.6 Å². The second-order valence-electron chi connectivity index (χ2n) is 5.89. The second kappa shape index (κ2) is 5.04. The SMILES string of the molecule is Clc1ccc2nc3cc4cc5cc(Cl)ccc5nc4cc3cc2c1. The minimum atomic E-state index is 0.713. The zero-order valence-corrected chi connectivity index (χ0v) is 13.9. The van der Waals surface area contributed by atoms with E-state index in [1.54, 1.807) is 0 Å². The van der Waals surface area contributed by atoms with E-state index in [0.717, 1.165) is 43.6 Å². The first kappa shape index (κ1) is 14.0. The van der Waals surface area contributed by atoms with E-state index in [2.05, 4.69) is 24.3 Å². The van der Waals surface area contributed by atoms with Crippen LogP contribution in [0.25, 0.3) is 43.6 Å². The van der Waals surface area contributed by atoms with Crippen LogP contribution in [0.15, 0.2) is 60.7 Å². The lowest BCUT2D eigenvalue weighted by Gasteiger charge is -2.06. The van der Waals surface area contributed by atoms with Crippen LogP contribution in [-0.4, -0.2) is 9.97 Å². The summed E-state index contributed by atoms with van der Waals surface area (Å²) in [4.78, 5) is 9.51. The summed E-state index contributed by atoms with van der Waals surface area (Å²) in [6, 6.07) is 19.8. The third kappa shape index (κ3) is 2.19. The highest BCUT2D eigenvalue weighted by Crippen LogP contribution is 2.28. The van der Waals surface area contributed by atoms with Gasteiger partial charge in [-0.1, -0.05) is 23.2 Å². The van der Waals surface area contributed by atoms with Crippen molar-refractivity contribution < 1.29 is 0 Å². The van der Waals surface area contributed by atoms with E-state index < -0.39 is 0 Å². The molecule has 0 atom stereocenters. The van der Waals surface area contributed by atoms with Gasteiger partial charge in [0.1, 0.15) is 0 Å². The van der Waals surface area contributed by atoms with Gasteiger partial charge in [-0.15, -0.1) is 0 Å². The first-order chi connectivity index (χ1) is 11.7. The van der Waals surface area contributed by atoms with Crippen LogP contribution in [0.5, 0.6) is 0 Å². The number of fused-ring (bicyclic) bond motifs is 4. The number of rotatable bonds is 0. The van der Waals surface area contributed by atoms with Crippen LogP contribution in [0.4, 0.5) is 0 Å². The molecule has 0 aliphatic heterocycles. The zero-order chi connectivity index (χ0) is 16.3. The third-order valence-corrected chi connectivity index (χ3v) is 4.73. The standard InChI is InChI=1S/C20H10Cl2N2/c21-15-1-3-17-11(7-15)5-13-10-20-14(9-19(13)23-17)6-12-8-16(22)2-4-18(12)24-20/h1-10H. The molecule has 2 nitrogen and oxygen atoms in total. The van der Waals surface area contributed by atoms with Crippen LogP contribution in [0.3, 0.4) is 0 Å². The van der Waals surface area contributed by atoms with E-state index in [4.69, 9.17) is 33.2 Å². The largest absolute Gasteiger partial charge is 0.248 e. The molecule has 24 heavy (non-hydrogen) atoms. The van der Waals surface area contributed by atoms with Crippen molar-refractivity contribution in [1.82, 2.24) is 9.97 Å². The highest BCUT2D eigenvalue weighted by molar-refractivity contribution is 6.31. The van der Waals surface area contributed by atoms with Crippen LogP contribution in [0, 0.1) is 0 Å². The van der Waals surface area contributed by atoms with Gasteiger partial charge in [-0.25, -0.2) is 9.97 Å². The van der Waals surface area contributed by atoms with Gasteiger partial charge in [0.2, 0.25) is 0 Å². The predicted octanol–water partition coefficient (Wildman–Crippen LogP) is 6.40. The van der Waals surface area contributed by atoms with Gasteiger partial charge in [0.25, 0.3) is 0 Å². The minimum absolute atomic E-state index is 0.713. The molecule has 0 unspecified atom stereocenters. The lowest BCUT2D eigenvalue weighted by Crippen LogP contribution is -1.87. The van der Waals surface area contributed by atoms with Crippen LogP contribution in [0.1, 0.15) is 0 Å². The molecular formula is C20H10Cl2N2. The summed E-state index contributed by atoms with van der Waals surface area (Å²) in [5, 5.41) is 5.59. The first-order valence-corrected chi connectivity index (χ1v) is 8.31. The van der Waals surface area contributed by atoms with Gasteiger partial charge >= 0.3 is 0 Å². The summed E-state index contributed by atoms with van der Waals surface area (Å²) in [5.74, 6) is 0. The van der Waals surface area contributed by atoms with Crippen molar-refractivity contribution in [3.63, 3.8) is 0 Å². The van der Waals surface area contributed by atoms with E-state index in [0.29, 0.717) is 10.0 Å². The van der Waals surface area contributed by atoms with Crippen LogP contribution < -0.4 is 0 Å². The molecule has 0 spiro atoms. The minimum Gasteiger partial charge on any atom is -0.248 e. The molecule has 0 saturated carbocycles. The van der Waals surface area contributed by atoms with E-state index in [1.165, 1.54) is 0 Å². The molecule has 4 heteroatoms. The summed E-state index contributed by atoms with van der Waals surface area (Å²) < 4.78 is 0. The number of hydrogen-bond donors (Lipinski definition) is 0. The van der Waals surface area contributed by atoms with Crippen LogP contribution >= 0.6 is 23.2 Å². The van der Waals surface area contributed by atoms with E-state index in [1.807, 2.05) is 36.4 Å². The van der Waals surface area contributed by atoms with E-state index in [-0.39, 0.29) is 0 Å². The Balaban J connectivity index is 1.88. The number of pyridine rings is 2. The average Bonchev–Trinajstić information content (AvgIpc) is 2.56. The van der Waals surface area contributed by atoms with Crippen molar-refractivity contribution in [1.29, 1.82) is 0 Å². The van der Waals surface area contributed by atoms with Crippen molar-refractivity contribution in [3.05, 3.63) is 70.7 Å². The molecule has 5 aromatic rings. The molecular weight excluding hydrogens is 339 g/mol. The maximum absolute atomic E-state index is 6.09. The summed E-state index contributed by atoms with van der Waals surface area (Å²) in [5.41, 5.74) is 3.76. The molecule has 0 radical (unpaired) electrons. The van der Waals surface area contributed by atoms with Crippen LogP contribution in [-0.2, 0) is 0 Å². The Morgan fingerprint density at radius 3 is 1.33 bits per heavy atom. The highest BCUT2D eigenvalue weighted by Gasteiger charge is 2.06. The number of aromatic nitrogens is 2. The number of benzene rings is 3. The van der Waals surface area contributed by atoms with Crippen molar-refractivity contribution >= 4 is 66.8 Å². The number of nitrogens with zero attached hydrogens (tertiary/aromatic N) is 2. The van der Waals surface area contributed by atoms with Gasteiger partial charge in [-0.3, -0.25) is 0 Å². The topological polar surface area (TPSA) is 25.8 Å². The van der Waals surface area contributed by atoms with Crippen molar-refractivity contribution in [3.8, 4) is 0 Å².